The minimum Gasteiger partial charge on any atom is -0.494 e. The molecule has 2 heterocycles. The van der Waals surface area contributed by atoms with Crippen molar-refractivity contribution in [2.24, 2.45) is 4.99 Å². The second-order valence-corrected chi connectivity index (χ2v) is 8.60. The Kier molecular flexibility index (Phi) is 6.22. The molecule has 8 nitrogen and oxygen atoms in total. The van der Waals surface area contributed by atoms with E-state index in [2.05, 4.69) is 15.0 Å². The van der Waals surface area contributed by atoms with Gasteiger partial charge in [0.2, 0.25) is 5.88 Å². The zero-order valence-electron chi connectivity index (χ0n) is 19.3. The first-order valence-corrected chi connectivity index (χ1v) is 11.6. The van der Waals surface area contributed by atoms with Gasteiger partial charge in [0.25, 0.3) is 5.56 Å². The van der Waals surface area contributed by atoms with Gasteiger partial charge in [0, 0.05) is 35.1 Å². The van der Waals surface area contributed by atoms with Crippen molar-refractivity contribution in [2.75, 3.05) is 7.11 Å². The molecule has 5 aromatic rings. The van der Waals surface area contributed by atoms with E-state index in [-0.39, 0.29) is 22.6 Å². The third-order valence-corrected chi connectivity index (χ3v) is 6.36. The molecule has 0 amide bonds. The molecule has 0 spiro atoms. The van der Waals surface area contributed by atoms with Crippen LogP contribution in [0.4, 0.5) is 0 Å². The van der Waals surface area contributed by atoms with Gasteiger partial charge >= 0.3 is 5.97 Å². The lowest BCUT2D eigenvalue weighted by Crippen LogP contribution is -2.24. The van der Waals surface area contributed by atoms with Crippen molar-refractivity contribution in [3.63, 3.8) is 0 Å². The zero-order valence-corrected chi connectivity index (χ0v) is 20.1. The monoisotopic (exact) mass is 498 g/mol. The standard InChI is InChI=1S/C27H22N4O4S/c1-35-26(34)22(13-17-14-28-21-11-5-4-9-18(17)21)29-15-20-24(32)30-27(36)31(25(20)33)23-12-6-8-16-7-2-3-10-19(16)23/h2-12,14-15,22,28,33H,13H2,1H3,(H,30,32,36)/t22-/m1/s1. The number of fused-ring (bicyclic) bond motifs is 2. The van der Waals surface area contributed by atoms with Gasteiger partial charge in [-0.3, -0.25) is 19.3 Å². The van der Waals surface area contributed by atoms with Crippen LogP contribution in [-0.4, -0.2) is 45.0 Å². The quantitative estimate of drug-likeness (QED) is 0.182. The van der Waals surface area contributed by atoms with E-state index in [0.717, 1.165) is 27.2 Å². The van der Waals surface area contributed by atoms with Crippen LogP contribution in [0, 0.1) is 4.77 Å². The number of ether oxygens (including phenoxy) is 1. The van der Waals surface area contributed by atoms with Crippen LogP contribution in [-0.2, 0) is 16.0 Å². The lowest BCUT2D eigenvalue weighted by molar-refractivity contribution is -0.142. The summed E-state index contributed by atoms with van der Waals surface area (Å²) in [4.78, 5) is 35.4. The molecular formula is C27H22N4O4S. The average Bonchev–Trinajstić information content (AvgIpc) is 3.30. The summed E-state index contributed by atoms with van der Waals surface area (Å²) >= 11 is 5.37. The van der Waals surface area contributed by atoms with Gasteiger partial charge in [-0.25, -0.2) is 4.79 Å². The first kappa shape index (κ1) is 23.3. The van der Waals surface area contributed by atoms with Crippen molar-refractivity contribution in [3.8, 4) is 11.6 Å². The molecule has 0 saturated carbocycles. The van der Waals surface area contributed by atoms with Crippen molar-refractivity contribution < 1.29 is 14.6 Å². The molecule has 0 aliphatic rings. The third-order valence-electron chi connectivity index (χ3n) is 6.07. The van der Waals surface area contributed by atoms with E-state index in [1.54, 1.807) is 6.07 Å². The number of nitrogens with one attached hydrogen (secondary N) is 2. The highest BCUT2D eigenvalue weighted by Crippen LogP contribution is 2.26. The lowest BCUT2D eigenvalue weighted by atomic mass is 10.1. The summed E-state index contributed by atoms with van der Waals surface area (Å²) in [5.41, 5.74) is 1.68. The molecule has 36 heavy (non-hydrogen) atoms. The summed E-state index contributed by atoms with van der Waals surface area (Å²) in [6.07, 6.45) is 3.26. The van der Waals surface area contributed by atoms with E-state index < -0.39 is 17.6 Å². The minimum absolute atomic E-state index is 0.0364. The number of aromatic amines is 2. The highest BCUT2D eigenvalue weighted by atomic mass is 32.1. The van der Waals surface area contributed by atoms with Crippen molar-refractivity contribution in [1.29, 1.82) is 0 Å². The molecule has 1 atom stereocenters. The van der Waals surface area contributed by atoms with Crippen LogP contribution in [0.3, 0.4) is 0 Å². The van der Waals surface area contributed by atoms with E-state index in [1.165, 1.54) is 17.9 Å². The molecule has 180 valence electrons. The molecule has 0 radical (unpaired) electrons. The molecule has 0 fully saturated rings. The van der Waals surface area contributed by atoms with Gasteiger partial charge in [-0.2, -0.15) is 0 Å². The van der Waals surface area contributed by atoms with Crippen LogP contribution in [0.5, 0.6) is 5.88 Å². The fourth-order valence-corrected chi connectivity index (χ4v) is 4.57. The summed E-state index contributed by atoms with van der Waals surface area (Å²) in [6.45, 7) is 0. The summed E-state index contributed by atoms with van der Waals surface area (Å²) in [5, 5.41) is 13.9. The normalized spacial score (nSPS) is 12.4. The Labute approximate surface area is 210 Å². The van der Waals surface area contributed by atoms with E-state index in [9.17, 15) is 14.7 Å². The number of hydrogen-bond donors (Lipinski definition) is 3. The van der Waals surface area contributed by atoms with Crippen molar-refractivity contribution >= 4 is 46.1 Å². The molecule has 0 aliphatic carbocycles. The number of aromatic hydroxyl groups is 1. The number of benzene rings is 3. The van der Waals surface area contributed by atoms with E-state index >= 15 is 0 Å². The number of aliphatic imine (C=N–C) groups is 1. The number of nitrogens with zero attached hydrogens (tertiary/aromatic N) is 2. The first-order chi connectivity index (χ1) is 17.5. The summed E-state index contributed by atoms with van der Waals surface area (Å²) in [6, 6.07) is 20.0. The van der Waals surface area contributed by atoms with Crippen molar-refractivity contribution in [1.82, 2.24) is 14.5 Å². The Balaban J connectivity index is 1.57. The summed E-state index contributed by atoms with van der Waals surface area (Å²) in [7, 11) is 1.28. The maximum Gasteiger partial charge on any atom is 0.330 e. The van der Waals surface area contributed by atoms with Crippen LogP contribution in [0.15, 0.2) is 82.7 Å². The van der Waals surface area contributed by atoms with E-state index in [4.69, 9.17) is 17.0 Å². The molecule has 3 aromatic carbocycles. The predicted molar refractivity (Wildman–Crippen MR) is 142 cm³/mol. The van der Waals surface area contributed by atoms with Gasteiger partial charge in [-0.05, 0) is 35.3 Å². The molecular weight excluding hydrogens is 476 g/mol. The molecule has 0 aliphatic heterocycles. The molecule has 2 aromatic heterocycles. The van der Waals surface area contributed by atoms with E-state index in [0.29, 0.717) is 5.69 Å². The molecule has 9 heteroatoms. The van der Waals surface area contributed by atoms with Crippen LogP contribution in [0.2, 0.25) is 0 Å². The van der Waals surface area contributed by atoms with Crippen LogP contribution in [0.1, 0.15) is 11.1 Å². The fraction of sp³-hybridized carbons (Fsp3) is 0.111. The van der Waals surface area contributed by atoms with Crippen molar-refractivity contribution in [2.45, 2.75) is 12.5 Å². The fourth-order valence-electron chi connectivity index (χ4n) is 4.29. The maximum atomic E-state index is 12.7. The first-order valence-electron chi connectivity index (χ1n) is 11.2. The molecule has 0 saturated heterocycles. The molecule has 5 rings (SSSR count). The number of aromatic nitrogens is 3. The van der Waals surface area contributed by atoms with Crippen LogP contribution >= 0.6 is 12.2 Å². The Morgan fingerprint density at radius 3 is 2.64 bits per heavy atom. The SMILES string of the molecule is COC(=O)[C@@H](Cc1c[nH]c2ccccc12)N=Cc1c(O)n(-c2cccc3ccccc23)c(=S)[nH]c1=O. The van der Waals surface area contributed by atoms with Crippen LogP contribution in [0.25, 0.3) is 27.4 Å². The number of esters is 1. The second kappa shape index (κ2) is 9.63. The smallest absolute Gasteiger partial charge is 0.330 e. The largest absolute Gasteiger partial charge is 0.494 e. The molecule has 0 unspecified atom stereocenters. The minimum atomic E-state index is -0.929. The van der Waals surface area contributed by atoms with Gasteiger partial charge in [0.15, 0.2) is 10.8 Å². The Morgan fingerprint density at radius 2 is 1.83 bits per heavy atom. The van der Waals surface area contributed by atoms with Gasteiger partial charge in [0.05, 0.1) is 12.8 Å². The summed E-state index contributed by atoms with van der Waals surface area (Å²) in [5.74, 6) is -0.936. The predicted octanol–water partition coefficient (Wildman–Crippen LogP) is 4.44. The topological polar surface area (TPSA) is 112 Å². The summed E-state index contributed by atoms with van der Waals surface area (Å²) < 4.78 is 6.37. The highest BCUT2D eigenvalue weighted by molar-refractivity contribution is 7.71. The number of para-hydroxylation sites is 1. The Bertz CT molecular complexity index is 1740. The van der Waals surface area contributed by atoms with Crippen LogP contribution < -0.4 is 5.56 Å². The number of rotatable bonds is 6. The number of methoxy groups -OCH3 is 1. The Morgan fingerprint density at radius 1 is 1.11 bits per heavy atom. The van der Waals surface area contributed by atoms with Crippen molar-refractivity contribution in [3.05, 3.63) is 99.2 Å². The molecule has 0 bridgehead atoms. The van der Waals surface area contributed by atoms with Gasteiger partial charge in [0.1, 0.15) is 5.56 Å². The van der Waals surface area contributed by atoms with E-state index in [1.807, 2.05) is 66.9 Å². The van der Waals surface area contributed by atoms with Gasteiger partial charge in [-0.15, -0.1) is 0 Å². The number of carbonyl (C=O) groups excluding carboxylic acids is 1. The van der Waals surface area contributed by atoms with Gasteiger partial charge < -0.3 is 14.8 Å². The number of hydrogen-bond acceptors (Lipinski definition) is 6. The molecule has 3 N–H and O–H groups in total. The Hall–Kier alpha value is -4.50. The van der Waals surface area contributed by atoms with Gasteiger partial charge in [-0.1, -0.05) is 54.6 Å². The number of H-pyrrole nitrogens is 2. The highest BCUT2D eigenvalue weighted by Gasteiger charge is 2.21. The number of carbonyl (C=O) groups is 1. The average molecular weight is 499 g/mol. The lowest BCUT2D eigenvalue weighted by Gasteiger charge is -2.14. The zero-order chi connectivity index (χ0) is 25.2. The maximum absolute atomic E-state index is 12.7. The third kappa shape index (κ3) is 4.20. The second-order valence-electron chi connectivity index (χ2n) is 8.21.